The van der Waals surface area contributed by atoms with Crippen molar-refractivity contribution in [3.05, 3.63) is 59.2 Å². The van der Waals surface area contributed by atoms with Gasteiger partial charge in [-0.15, -0.1) is 0 Å². The number of carbonyl (C=O) groups is 1. The van der Waals surface area contributed by atoms with Gasteiger partial charge >= 0.3 is 12.4 Å². The molecule has 188 valence electrons. The van der Waals surface area contributed by atoms with Gasteiger partial charge in [-0.05, 0) is 54.3 Å². The van der Waals surface area contributed by atoms with Crippen molar-refractivity contribution in [1.29, 1.82) is 5.26 Å². The van der Waals surface area contributed by atoms with Crippen LogP contribution in [0.3, 0.4) is 0 Å². The summed E-state index contributed by atoms with van der Waals surface area (Å²) in [6.45, 7) is 4.82. The number of nitriles is 1. The number of carbonyl (C=O) groups excluding carboxylic acids is 1. The maximum atomic E-state index is 13.7. The molecule has 1 heterocycles. The van der Waals surface area contributed by atoms with E-state index in [1.54, 1.807) is 24.3 Å². The van der Waals surface area contributed by atoms with Gasteiger partial charge in [0.1, 0.15) is 6.04 Å². The third-order valence-corrected chi connectivity index (χ3v) is 5.71. The van der Waals surface area contributed by atoms with Crippen LogP contribution in [0.4, 0.5) is 37.7 Å². The van der Waals surface area contributed by atoms with E-state index >= 15 is 0 Å². The van der Waals surface area contributed by atoms with Gasteiger partial charge in [0.15, 0.2) is 0 Å². The summed E-state index contributed by atoms with van der Waals surface area (Å²) in [7, 11) is 0. The molecule has 1 amide bonds. The molecule has 3 rings (SSSR count). The average Bonchev–Trinajstić information content (AvgIpc) is 3.24. The predicted octanol–water partition coefficient (Wildman–Crippen LogP) is 5.66. The molecular formula is C24H24F6N4O. The summed E-state index contributed by atoms with van der Waals surface area (Å²) in [5, 5.41) is 16.9. The Morgan fingerprint density at radius 2 is 1.71 bits per heavy atom. The summed E-state index contributed by atoms with van der Waals surface area (Å²) in [4.78, 5) is 12.7. The van der Waals surface area contributed by atoms with Crippen LogP contribution in [0.15, 0.2) is 42.5 Å². The molecule has 1 fully saturated rings. The second-order valence-electron chi connectivity index (χ2n) is 8.84. The molecule has 35 heavy (non-hydrogen) atoms. The lowest BCUT2D eigenvalue weighted by atomic mass is 9.88. The number of alkyl halides is 6. The van der Waals surface area contributed by atoms with Gasteiger partial charge in [-0.1, -0.05) is 19.9 Å². The van der Waals surface area contributed by atoms with Crippen molar-refractivity contribution >= 4 is 17.3 Å². The van der Waals surface area contributed by atoms with Gasteiger partial charge in [0.05, 0.1) is 23.2 Å². The summed E-state index contributed by atoms with van der Waals surface area (Å²) in [5.41, 5.74) is -1.05. The third kappa shape index (κ3) is 6.45. The molecule has 1 saturated heterocycles. The van der Waals surface area contributed by atoms with Crippen LogP contribution >= 0.6 is 0 Å². The molecule has 0 saturated carbocycles. The highest BCUT2D eigenvalue weighted by atomic mass is 19.4. The van der Waals surface area contributed by atoms with Gasteiger partial charge in [-0.3, -0.25) is 10.1 Å². The molecule has 11 heteroatoms. The lowest BCUT2D eigenvalue weighted by Gasteiger charge is -2.23. The fourth-order valence-corrected chi connectivity index (χ4v) is 3.97. The minimum atomic E-state index is -4.91. The Balaban J connectivity index is 1.79. The molecule has 5 nitrogen and oxygen atoms in total. The van der Waals surface area contributed by atoms with Gasteiger partial charge < -0.3 is 10.6 Å². The topological polar surface area (TPSA) is 76.9 Å². The molecule has 3 atom stereocenters. The third-order valence-electron chi connectivity index (χ3n) is 5.71. The molecule has 0 aromatic heterocycles. The molecular weight excluding hydrogens is 474 g/mol. The van der Waals surface area contributed by atoms with Crippen LogP contribution in [-0.2, 0) is 11.0 Å². The molecule has 2 aromatic rings. The number of halogens is 6. The minimum Gasteiger partial charge on any atom is -0.385 e. The lowest BCUT2D eigenvalue weighted by molar-refractivity contribution is -0.156. The highest BCUT2D eigenvalue weighted by molar-refractivity contribution is 5.95. The van der Waals surface area contributed by atoms with Gasteiger partial charge in [0, 0.05) is 23.8 Å². The van der Waals surface area contributed by atoms with E-state index in [4.69, 9.17) is 5.26 Å². The fraction of sp³-hybridized carbons (Fsp3) is 0.417. The molecule has 3 N–H and O–H groups in total. The van der Waals surface area contributed by atoms with Crippen molar-refractivity contribution in [2.45, 2.75) is 50.6 Å². The molecule has 1 aliphatic rings. The van der Waals surface area contributed by atoms with Crippen molar-refractivity contribution < 1.29 is 31.1 Å². The maximum absolute atomic E-state index is 13.7. The van der Waals surface area contributed by atoms with E-state index in [0.717, 1.165) is 24.4 Å². The number of hydrogen-bond acceptors (Lipinski definition) is 4. The van der Waals surface area contributed by atoms with Crippen molar-refractivity contribution in [2.75, 3.05) is 17.2 Å². The molecule has 3 unspecified atom stereocenters. The van der Waals surface area contributed by atoms with Crippen LogP contribution in [0.1, 0.15) is 42.9 Å². The number of hydrogen-bond donors (Lipinski definition) is 3. The van der Waals surface area contributed by atoms with Crippen LogP contribution in [0, 0.1) is 17.2 Å². The summed E-state index contributed by atoms with van der Waals surface area (Å²) in [6, 6.07) is 7.03. The second-order valence-corrected chi connectivity index (χ2v) is 8.84. The van der Waals surface area contributed by atoms with Crippen LogP contribution in [-0.4, -0.2) is 30.7 Å². The maximum Gasteiger partial charge on any atom is 0.417 e. The minimum absolute atomic E-state index is 0.248. The summed E-state index contributed by atoms with van der Waals surface area (Å²) in [5.74, 6) is -1.75. The molecule has 0 spiro atoms. The Labute approximate surface area is 198 Å². The smallest absolute Gasteiger partial charge is 0.385 e. The van der Waals surface area contributed by atoms with Gasteiger partial charge in [0.25, 0.3) is 0 Å². The number of nitrogens with zero attached hydrogens (tertiary/aromatic N) is 1. The van der Waals surface area contributed by atoms with Crippen molar-refractivity contribution in [2.24, 2.45) is 5.92 Å². The van der Waals surface area contributed by atoms with E-state index in [1.165, 1.54) is 6.07 Å². The summed E-state index contributed by atoms with van der Waals surface area (Å²) >= 11 is 0. The van der Waals surface area contributed by atoms with Gasteiger partial charge in [0.2, 0.25) is 5.91 Å². The predicted molar refractivity (Wildman–Crippen MR) is 119 cm³/mol. The Hall–Kier alpha value is -3.26. The first-order valence-electron chi connectivity index (χ1n) is 10.9. The average molecular weight is 498 g/mol. The van der Waals surface area contributed by atoms with E-state index in [-0.39, 0.29) is 12.0 Å². The Morgan fingerprint density at radius 1 is 1.09 bits per heavy atom. The Morgan fingerprint density at radius 3 is 2.26 bits per heavy atom. The van der Waals surface area contributed by atoms with E-state index < -0.39 is 47.4 Å². The number of amides is 1. The first-order chi connectivity index (χ1) is 16.3. The van der Waals surface area contributed by atoms with Crippen LogP contribution < -0.4 is 16.0 Å². The zero-order chi connectivity index (χ0) is 26.0. The summed E-state index contributed by atoms with van der Waals surface area (Å²) in [6.07, 6.45) is -10.1. The SMILES string of the molecule is CC(C)CNc1ccc(NC(=O)C2CC(c3ccc(C#N)c(C(F)(F)F)c3)C(C(F)(F)F)N2)cc1. The van der Waals surface area contributed by atoms with Crippen molar-refractivity contribution in [3.63, 3.8) is 0 Å². The monoisotopic (exact) mass is 498 g/mol. The quantitative estimate of drug-likeness (QED) is 0.450. The van der Waals surface area contributed by atoms with Crippen molar-refractivity contribution in [3.8, 4) is 6.07 Å². The molecule has 0 aliphatic carbocycles. The van der Waals surface area contributed by atoms with E-state index in [1.807, 2.05) is 13.8 Å². The van der Waals surface area contributed by atoms with Crippen LogP contribution in [0.2, 0.25) is 0 Å². The fourth-order valence-electron chi connectivity index (χ4n) is 3.97. The normalized spacial score (nSPS) is 20.5. The van der Waals surface area contributed by atoms with E-state index in [9.17, 15) is 31.1 Å². The van der Waals surface area contributed by atoms with Crippen LogP contribution in [0.5, 0.6) is 0 Å². The number of rotatable bonds is 6. The number of benzene rings is 2. The number of anilines is 2. The highest BCUT2D eigenvalue weighted by Gasteiger charge is 2.52. The lowest BCUT2D eigenvalue weighted by Crippen LogP contribution is -2.46. The molecule has 0 bridgehead atoms. The van der Waals surface area contributed by atoms with E-state index in [0.29, 0.717) is 17.7 Å². The largest absolute Gasteiger partial charge is 0.417 e. The number of nitrogens with one attached hydrogen (secondary N) is 3. The molecule has 1 aliphatic heterocycles. The van der Waals surface area contributed by atoms with E-state index in [2.05, 4.69) is 16.0 Å². The Kier molecular flexibility index (Phi) is 7.65. The van der Waals surface area contributed by atoms with Gasteiger partial charge in [-0.2, -0.15) is 31.6 Å². The Bertz CT molecular complexity index is 1090. The standard InChI is InChI=1S/C24H24F6N4O/c1-13(2)12-32-16-5-7-17(8-6-16)33-22(35)20-10-18(21(34-20)24(28,29)30)14-3-4-15(11-31)19(9-14)23(25,26)27/h3-9,13,18,20-21,32,34H,10,12H2,1-2H3,(H,33,35). The van der Waals surface area contributed by atoms with Crippen molar-refractivity contribution in [1.82, 2.24) is 5.32 Å². The molecule has 2 aromatic carbocycles. The van der Waals surface area contributed by atoms with Gasteiger partial charge in [-0.25, -0.2) is 0 Å². The molecule has 0 radical (unpaired) electrons. The highest BCUT2D eigenvalue weighted by Crippen LogP contribution is 2.42. The first kappa shape index (κ1) is 26.3. The zero-order valence-corrected chi connectivity index (χ0v) is 18.9. The zero-order valence-electron chi connectivity index (χ0n) is 18.9. The summed E-state index contributed by atoms with van der Waals surface area (Å²) < 4.78 is 81.2. The first-order valence-corrected chi connectivity index (χ1v) is 10.9. The second kappa shape index (κ2) is 10.2. The van der Waals surface area contributed by atoms with Crippen LogP contribution in [0.25, 0.3) is 0 Å².